The van der Waals surface area contributed by atoms with Gasteiger partial charge in [0.15, 0.2) is 0 Å². The average Bonchev–Trinajstić information content (AvgIpc) is 3.13. The van der Waals surface area contributed by atoms with E-state index in [9.17, 15) is 13.2 Å². The van der Waals surface area contributed by atoms with Crippen LogP contribution < -0.4 is 0 Å². The quantitative estimate of drug-likeness (QED) is 0.534. The zero-order valence-electron chi connectivity index (χ0n) is 16.4. The van der Waals surface area contributed by atoms with Crippen molar-refractivity contribution in [3.63, 3.8) is 0 Å². The molecule has 1 aromatic heterocycles. The minimum Gasteiger partial charge on any atom is -0.299 e. The van der Waals surface area contributed by atoms with Crippen LogP contribution in [0, 0.1) is 0 Å². The van der Waals surface area contributed by atoms with Crippen molar-refractivity contribution in [2.75, 3.05) is 5.75 Å². The van der Waals surface area contributed by atoms with Crippen LogP contribution in [0.4, 0.5) is 0 Å². The SMILES string of the molecule is C1CCCCC1.CCCCC(=O)Cc1cccs1.CCCCS(=O)(=O)O. The summed E-state index contributed by atoms with van der Waals surface area (Å²) >= 11 is 1.66. The van der Waals surface area contributed by atoms with Crippen molar-refractivity contribution in [2.24, 2.45) is 0 Å². The molecule has 6 heteroatoms. The maximum absolute atomic E-state index is 11.3. The predicted molar refractivity (Wildman–Crippen MR) is 112 cm³/mol. The van der Waals surface area contributed by atoms with Crippen molar-refractivity contribution in [1.29, 1.82) is 0 Å². The number of ketones is 1. The molecule has 1 N–H and O–H groups in total. The fourth-order valence-corrected chi connectivity index (χ4v) is 3.84. The van der Waals surface area contributed by atoms with E-state index in [4.69, 9.17) is 4.55 Å². The molecule has 4 nitrogen and oxygen atoms in total. The van der Waals surface area contributed by atoms with Crippen LogP contribution in [-0.2, 0) is 21.3 Å². The molecule has 26 heavy (non-hydrogen) atoms. The van der Waals surface area contributed by atoms with Crippen LogP contribution >= 0.6 is 11.3 Å². The van der Waals surface area contributed by atoms with Gasteiger partial charge in [-0.1, -0.05) is 71.3 Å². The molecule has 0 bridgehead atoms. The summed E-state index contributed by atoms with van der Waals surface area (Å²) in [7, 11) is -3.69. The fourth-order valence-electron chi connectivity index (χ4n) is 2.46. The van der Waals surface area contributed by atoms with Gasteiger partial charge in [0.05, 0.1) is 5.75 Å². The molecule has 0 radical (unpaired) electrons. The number of hydrogen-bond acceptors (Lipinski definition) is 4. The first-order valence-electron chi connectivity index (χ1n) is 9.88. The second-order valence-corrected chi connectivity index (χ2v) is 9.26. The molecule has 0 unspecified atom stereocenters. The molecular formula is C20H36O4S2. The molecule has 1 aliphatic rings. The second-order valence-electron chi connectivity index (χ2n) is 6.66. The lowest BCUT2D eigenvalue weighted by molar-refractivity contribution is -0.118. The Morgan fingerprint density at radius 3 is 1.92 bits per heavy atom. The monoisotopic (exact) mass is 404 g/mol. The van der Waals surface area contributed by atoms with Crippen molar-refractivity contribution in [3.8, 4) is 0 Å². The van der Waals surface area contributed by atoms with Gasteiger partial charge in [0.1, 0.15) is 5.78 Å². The van der Waals surface area contributed by atoms with E-state index in [0.29, 0.717) is 18.6 Å². The molecule has 0 atom stereocenters. The van der Waals surface area contributed by atoms with E-state index < -0.39 is 10.1 Å². The van der Waals surface area contributed by atoms with E-state index >= 15 is 0 Å². The van der Waals surface area contributed by atoms with E-state index in [1.807, 2.05) is 24.4 Å². The van der Waals surface area contributed by atoms with E-state index in [0.717, 1.165) is 25.7 Å². The van der Waals surface area contributed by atoms with Crippen molar-refractivity contribution in [1.82, 2.24) is 0 Å². The highest BCUT2D eigenvalue weighted by Gasteiger charge is 2.03. The third-order valence-electron chi connectivity index (χ3n) is 4.02. The third-order valence-corrected chi connectivity index (χ3v) is 5.70. The smallest absolute Gasteiger partial charge is 0.264 e. The standard InChI is InChI=1S/C10H14OS.C6H12.C4H10O3S/c1-2-3-5-9(11)8-10-6-4-7-12-10;1-2-4-6-5-3-1;1-2-3-4-8(5,6)7/h4,6-7H,2-3,5,8H2,1H3;1-6H2;2-4H2,1H3,(H,5,6,7). The number of hydrogen-bond donors (Lipinski definition) is 1. The number of carbonyl (C=O) groups excluding carboxylic acids is 1. The van der Waals surface area contributed by atoms with Gasteiger partial charge in [-0.15, -0.1) is 11.3 Å². The largest absolute Gasteiger partial charge is 0.299 e. The van der Waals surface area contributed by atoms with Crippen molar-refractivity contribution in [2.45, 2.75) is 90.9 Å². The summed E-state index contributed by atoms with van der Waals surface area (Å²) in [5.74, 6) is 0.267. The molecule has 1 aromatic rings. The Kier molecular flexibility index (Phi) is 16.0. The zero-order chi connectivity index (χ0) is 19.7. The summed E-state index contributed by atoms with van der Waals surface area (Å²) in [6.45, 7) is 3.98. The first-order valence-corrected chi connectivity index (χ1v) is 12.4. The molecule has 1 aliphatic carbocycles. The van der Waals surface area contributed by atoms with Crippen molar-refractivity contribution in [3.05, 3.63) is 22.4 Å². The molecule has 0 saturated heterocycles. The topological polar surface area (TPSA) is 71.4 Å². The molecule has 1 saturated carbocycles. The van der Waals surface area contributed by atoms with E-state index in [1.54, 1.807) is 11.3 Å². The fraction of sp³-hybridized carbons (Fsp3) is 0.750. The van der Waals surface area contributed by atoms with Crippen LogP contribution in [0.5, 0.6) is 0 Å². The molecule has 1 heterocycles. The van der Waals surface area contributed by atoms with Crippen molar-refractivity contribution >= 4 is 27.2 Å². The van der Waals surface area contributed by atoms with Gasteiger partial charge in [-0.05, 0) is 24.3 Å². The van der Waals surface area contributed by atoms with E-state index in [1.165, 1.54) is 43.4 Å². The van der Waals surface area contributed by atoms with Crippen LogP contribution in [0.2, 0.25) is 0 Å². The molecule has 0 aromatic carbocycles. The average molecular weight is 405 g/mol. The van der Waals surface area contributed by atoms with Crippen LogP contribution in [0.1, 0.15) is 89.4 Å². The van der Waals surface area contributed by atoms with Crippen LogP contribution in [0.3, 0.4) is 0 Å². The molecule has 152 valence electrons. The second kappa shape index (κ2) is 16.5. The number of Topliss-reactive ketones (excluding diaryl/α,β-unsaturated/α-hetero) is 1. The van der Waals surface area contributed by atoms with Crippen molar-refractivity contribution < 1.29 is 17.8 Å². The van der Waals surface area contributed by atoms with Crippen LogP contribution in [0.15, 0.2) is 17.5 Å². The lowest BCUT2D eigenvalue weighted by Gasteiger charge is -2.05. The van der Waals surface area contributed by atoms with E-state index in [2.05, 4.69) is 6.92 Å². The highest BCUT2D eigenvalue weighted by Crippen LogP contribution is 2.15. The Balaban J connectivity index is 0.000000387. The first kappa shape index (κ1) is 25.3. The Labute approximate surface area is 164 Å². The number of unbranched alkanes of at least 4 members (excludes halogenated alkanes) is 2. The zero-order valence-corrected chi connectivity index (χ0v) is 18.0. The summed E-state index contributed by atoms with van der Waals surface area (Å²) in [6.07, 6.45) is 13.9. The highest BCUT2D eigenvalue weighted by molar-refractivity contribution is 7.85. The summed E-state index contributed by atoms with van der Waals surface area (Å²) in [5, 5.41) is 2.02. The maximum atomic E-state index is 11.3. The minimum absolute atomic E-state index is 0.108. The summed E-state index contributed by atoms with van der Waals surface area (Å²) in [5.41, 5.74) is 0. The maximum Gasteiger partial charge on any atom is 0.264 e. The Hall–Kier alpha value is -0.720. The Morgan fingerprint density at radius 2 is 1.58 bits per heavy atom. The van der Waals surface area contributed by atoms with Crippen LogP contribution in [-0.4, -0.2) is 24.5 Å². The third kappa shape index (κ3) is 18.1. The van der Waals surface area contributed by atoms with Gasteiger partial charge in [-0.2, -0.15) is 8.42 Å². The number of rotatable bonds is 8. The van der Waals surface area contributed by atoms with Gasteiger partial charge >= 0.3 is 0 Å². The molecular weight excluding hydrogens is 368 g/mol. The number of thiophene rings is 1. The normalized spacial score (nSPS) is 13.8. The van der Waals surface area contributed by atoms with Gasteiger partial charge in [-0.3, -0.25) is 9.35 Å². The van der Waals surface area contributed by atoms with Gasteiger partial charge in [0, 0.05) is 17.7 Å². The number of carbonyl (C=O) groups is 1. The molecule has 1 fully saturated rings. The van der Waals surface area contributed by atoms with E-state index in [-0.39, 0.29) is 5.75 Å². The van der Waals surface area contributed by atoms with Gasteiger partial charge in [-0.25, -0.2) is 0 Å². The Bertz CT molecular complexity index is 521. The summed E-state index contributed by atoms with van der Waals surface area (Å²) < 4.78 is 28.0. The molecule has 0 aliphatic heterocycles. The molecule has 2 rings (SSSR count). The minimum atomic E-state index is -3.69. The molecule has 0 amide bonds. The summed E-state index contributed by atoms with van der Waals surface area (Å²) in [4.78, 5) is 12.5. The summed E-state index contributed by atoms with van der Waals surface area (Å²) in [6, 6.07) is 4.02. The Morgan fingerprint density at radius 1 is 1.04 bits per heavy atom. The first-order chi connectivity index (χ1) is 12.4. The lowest BCUT2D eigenvalue weighted by Crippen LogP contribution is -2.02. The van der Waals surface area contributed by atoms with Crippen LogP contribution in [0.25, 0.3) is 0 Å². The van der Waals surface area contributed by atoms with Gasteiger partial charge < -0.3 is 0 Å². The molecule has 0 spiro atoms. The van der Waals surface area contributed by atoms with Gasteiger partial charge in [0.2, 0.25) is 0 Å². The van der Waals surface area contributed by atoms with Gasteiger partial charge in [0.25, 0.3) is 10.1 Å². The lowest BCUT2D eigenvalue weighted by atomic mass is 10.0. The highest BCUT2D eigenvalue weighted by atomic mass is 32.2. The predicted octanol–water partition coefficient (Wildman–Crippen LogP) is 6.06.